The molecule has 0 aliphatic rings. The van der Waals surface area contributed by atoms with Gasteiger partial charge in [0.1, 0.15) is 5.78 Å². The van der Waals surface area contributed by atoms with Gasteiger partial charge in [-0.25, -0.2) is 4.98 Å². The highest BCUT2D eigenvalue weighted by molar-refractivity contribution is 8.01. The Hall–Kier alpha value is -0.880. The number of aromatic nitrogens is 1. The maximum atomic E-state index is 11.5. The van der Waals surface area contributed by atoms with Crippen molar-refractivity contribution < 1.29 is 14.3 Å². The van der Waals surface area contributed by atoms with Gasteiger partial charge in [-0.3, -0.25) is 9.59 Å². The summed E-state index contributed by atoms with van der Waals surface area (Å²) >= 11 is 2.95. The molecule has 94 valence electrons. The number of aryl methyl sites for hydroxylation is 1. The summed E-state index contributed by atoms with van der Waals surface area (Å²) in [6, 6.07) is 0. The first-order chi connectivity index (χ1) is 8.11. The highest BCUT2D eigenvalue weighted by atomic mass is 32.2. The van der Waals surface area contributed by atoms with Crippen LogP contribution in [0.5, 0.6) is 0 Å². The lowest BCUT2D eigenvalue weighted by atomic mass is 10.2. The van der Waals surface area contributed by atoms with Gasteiger partial charge in [-0.2, -0.15) is 0 Å². The third-order valence-electron chi connectivity index (χ3n) is 1.87. The molecule has 0 fully saturated rings. The molecule has 1 heterocycles. The molecule has 0 saturated heterocycles. The van der Waals surface area contributed by atoms with Gasteiger partial charge >= 0.3 is 5.97 Å². The molecular formula is C11H15NO3S2. The molecule has 0 aliphatic heterocycles. The molecule has 0 saturated carbocycles. The number of hydrogen-bond acceptors (Lipinski definition) is 6. The Morgan fingerprint density at radius 2 is 2.24 bits per heavy atom. The molecule has 4 nitrogen and oxygen atoms in total. The van der Waals surface area contributed by atoms with Gasteiger partial charge in [0, 0.05) is 17.5 Å². The summed E-state index contributed by atoms with van der Waals surface area (Å²) in [6.45, 7) is 4.03. The molecule has 0 N–H and O–H groups in total. The van der Waals surface area contributed by atoms with Crippen LogP contribution in [0.4, 0.5) is 0 Å². The quantitative estimate of drug-likeness (QED) is 0.564. The zero-order chi connectivity index (χ0) is 12.7. The van der Waals surface area contributed by atoms with Gasteiger partial charge in [0.05, 0.1) is 18.8 Å². The smallest absolute Gasteiger partial charge is 0.306 e. The first-order valence-corrected chi connectivity index (χ1v) is 7.20. The number of esters is 1. The van der Waals surface area contributed by atoms with E-state index in [2.05, 4.69) is 4.98 Å². The molecule has 0 atom stereocenters. The first-order valence-electron chi connectivity index (χ1n) is 5.34. The van der Waals surface area contributed by atoms with Crippen molar-refractivity contribution in [2.45, 2.75) is 31.0 Å². The Morgan fingerprint density at radius 1 is 1.47 bits per heavy atom. The van der Waals surface area contributed by atoms with Gasteiger partial charge in [-0.1, -0.05) is 11.8 Å². The number of nitrogens with zero attached hydrogens (tertiary/aromatic N) is 1. The van der Waals surface area contributed by atoms with Gasteiger partial charge in [0.2, 0.25) is 0 Å². The second kappa shape index (κ2) is 7.45. The van der Waals surface area contributed by atoms with E-state index in [9.17, 15) is 9.59 Å². The van der Waals surface area contributed by atoms with Crippen molar-refractivity contribution in [2.24, 2.45) is 0 Å². The summed E-state index contributed by atoms with van der Waals surface area (Å²) in [5, 5.41) is 1.95. The molecule has 0 spiro atoms. The predicted molar refractivity (Wildman–Crippen MR) is 68.4 cm³/mol. The van der Waals surface area contributed by atoms with Crippen molar-refractivity contribution in [2.75, 3.05) is 12.4 Å². The molecule has 1 aromatic rings. The number of carbonyl (C=O) groups excluding carboxylic acids is 2. The second-order valence-electron chi connectivity index (χ2n) is 3.39. The molecule has 0 aliphatic carbocycles. The Labute approximate surface area is 109 Å². The van der Waals surface area contributed by atoms with Crippen LogP contribution in [-0.2, 0) is 14.3 Å². The predicted octanol–water partition coefficient (Wildman–Crippen LogP) is 2.46. The summed E-state index contributed by atoms with van der Waals surface area (Å²) in [5.74, 6) is 0.110. The van der Waals surface area contributed by atoms with Gasteiger partial charge in [-0.15, -0.1) is 11.3 Å². The number of carbonyl (C=O) groups is 2. The SMILES string of the molecule is CCOC(=O)CCC(=O)CSc1nc(C)cs1. The number of hydrogen-bond donors (Lipinski definition) is 0. The average molecular weight is 273 g/mol. The molecule has 6 heteroatoms. The average Bonchev–Trinajstić information content (AvgIpc) is 2.70. The molecule has 0 aromatic carbocycles. The normalized spacial score (nSPS) is 10.2. The minimum atomic E-state index is -0.309. The molecular weight excluding hydrogens is 258 g/mol. The fraction of sp³-hybridized carbons (Fsp3) is 0.545. The van der Waals surface area contributed by atoms with Crippen molar-refractivity contribution in [3.05, 3.63) is 11.1 Å². The van der Waals surface area contributed by atoms with E-state index in [1.807, 2.05) is 12.3 Å². The van der Waals surface area contributed by atoms with Crippen molar-refractivity contribution in [1.82, 2.24) is 4.98 Å². The number of thiazole rings is 1. The number of rotatable bonds is 7. The van der Waals surface area contributed by atoms with Crippen LogP contribution in [-0.4, -0.2) is 29.1 Å². The Morgan fingerprint density at radius 3 is 2.82 bits per heavy atom. The van der Waals surface area contributed by atoms with E-state index >= 15 is 0 Å². The van der Waals surface area contributed by atoms with E-state index in [4.69, 9.17) is 4.74 Å². The minimum absolute atomic E-state index is 0.0518. The van der Waals surface area contributed by atoms with Crippen LogP contribution in [0, 0.1) is 6.92 Å². The van der Waals surface area contributed by atoms with Crippen molar-refractivity contribution in [3.8, 4) is 0 Å². The highest BCUT2D eigenvalue weighted by Gasteiger charge is 2.09. The van der Waals surface area contributed by atoms with E-state index in [0.29, 0.717) is 12.4 Å². The largest absolute Gasteiger partial charge is 0.466 e. The van der Waals surface area contributed by atoms with Gasteiger partial charge in [0.25, 0.3) is 0 Å². The van der Waals surface area contributed by atoms with Crippen LogP contribution < -0.4 is 0 Å². The summed E-state index contributed by atoms with van der Waals surface area (Å²) in [6.07, 6.45) is 0.417. The number of thioether (sulfide) groups is 1. The Kier molecular flexibility index (Phi) is 6.21. The molecule has 1 aromatic heterocycles. The van der Waals surface area contributed by atoms with Crippen LogP contribution >= 0.6 is 23.1 Å². The minimum Gasteiger partial charge on any atom is -0.466 e. The number of ether oxygens (including phenoxy) is 1. The lowest BCUT2D eigenvalue weighted by molar-refractivity contribution is -0.144. The summed E-state index contributed by atoms with van der Waals surface area (Å²) in [7, 11) is 0. The fourth-order valence-corrected chi connectivity index (χ4v) is 2.84. The van der Waals surface area contributed by atoms with Crippen LogP contribution in [0.1, 0.15) is 25.5 Å². The number of Topliss-reactive ketones (excluding diaryl/α,β-unsaturated/α-hetero) is 1. The summed E-state index contributed by atoms with van der Waals surface area (Å²) < 4.78 is 5.65. The first kappa shape index (κ1) is 14.2. The van der Waals surface area contributed by atoms with E-state index in [0.717, 1.165) is 10.0 Å². The molecule has 0 radical (unpaired) electrons. The highest BCUT2D eigenvalue weighted by Crippen LogP contribution is 2.22. The van der Waals surface area contributed by atoms with E-state index in [-0.39, 0.29) is 24.6 Å². The van der Waals surface area contributed by atoms with Crippen LogP contribution in [0.25, 0.3) is 0 Å². The van der Waals surface area contributed by atoms with Gasteiger partial charge in [0.15, 0.2) is 4.34 Å². The molecule has 1 rings (SSSR count). The van der Waals surface area contributed by atoms with E-state index in [1.165, 1.54) is 23.1 Å². The fourth-order valence-electron chi connectivity index (χ4n) is 1.09. The topological polar surface area (TPSA) is 56.3 Å². The third-order valence-corrected chi connectivity index (χ3v) is 4.07. The van der Waals surface area contributed by atoms with Gasteiger partial charge in [-0.05, 0) is 13.8 Å². The molecule has 0 unspecified atom stereocenters. The van der Waals surface area contributed by atoms with Crippen LogP contribution in [0.3, 0.4) is 0 Å². The Balaban J connectivity index is 2.19. The van der Waals surface area contributed by atoms with Gasteiger partial charge < -0.3 is 4.74 Å². The van der Waals surface area contributed by atoms with E-state index < -0.39 is 0 Å². The summed E-state index contributed by atoms with van der Waals surface area (Å²) in [4.78, 5) is 26.8. The van der Waals surface area contributed by atoms with Crippen molar-refractivity contribution in [1.29, 1.82) is 0 Å². The molecule has 17 heavy (non-hydrogen) atoms. The molecule has 0 amide bonds. The maximum absolute atomic E-state index is 11.5. The van der Waals surface area contributed by atoms with Crippen LogP contribution in [0.15, 0.2) is 9.72 Å². The second-order valence-corrected chi connectivity index (χ2v) is 5.47. The summed E-state index contributed by atoms with van der Waals surface area (Å²) in [5.41, 5.74) is 0.969. The zero-order valence-electron chi connectivity index (χ0n) is 9.89. The number of ketones is 1. The Bertz CT molecular complexity index is 390. The monoisotopic (exact) mass is 273 g/mol. The molecule has 0 bridgehead atoms. The lowest BCUT2D eigenvalue weighted by Gasteiger charge is -2.00. The maximum Gasteiger partial charge on any atom is 0.306 e. The zero-order valence-corrected chi connectivity index (χ0v) is 11.5. The third kappa shape index (κ3) is 5.83. The van der Waals surface area contributed by atoms with E-state index in [1.54, 1.807) is 6.92 Å². The van der Waals surface area contributed by atoms with Crippen molar-refractivity contribution in [3.63, 3.8) is 0 Å². The standard InChI is InChI=1S/C11H15NO3S2/c1-3-15-10(14)5-4-9(13)7-17-11-12-8(2)6-16-11/h6H,3-5,7H2,1-2H3. The van der Waals surface area contributed by atoms with Crippen molar-refractivity contribution >= 4 is 34.9 Å². The van der Waals surface area contributed by atoms with Crippen LogP contribution in [0.2, 0.25) is 0 Å². The lowest BCUT2D eigenvalue weighted by Crippen LogP contribution is -2.08.